The molecule has 1 aromatic carbocycles. The molecule has 0 saturated carbocycles. The number of nitrogens with zero attached hydrogens (tertiary/aromatic N) is 2. The maximum absolute atomic E-state index is 12.6. The van der Waals surface area contributed by atoms with Gasteiger partial charge < -0.3 is 4.52 Å². The van der Waals surface area contributed by atoms with Crippen molar-refractivity contribution in [2.24, 2.45) is 0 Å². The van der Waals surface area contributed by atoms with Gasteiger partial charge in [0.05, 0.1) is 11.1 Å². The molecule has 0 spiro atoms. The summed E-state index contributed by atoms with van der Waals surface area (Å²) in [6, 6.07) is 7.08. The average Bonchev–Trinajstić information content (AvgIpc) is 2.94. The Balaban J connectivity index is 1.88. The van der Waals surface area contributed by atoms with Gasteiger partial charge >= 0.3 is 0 Å². The van der Waals surface area contributed by atoms with Gasteiger partial charge in [-0.2, -0.15) is 4.31 Å². The second kappa shape index (κ2) is 5.03. The van der Waals surface area contributed by atoms with Gasteiger partial charge in [0.15, 0.2) is 0 Å². The van der Waals surface area contributed by atoms with Crippen molar-refractivity contribution in [3.63, 3.8) is 0 Å². The van der Waals surface area contributed by atoms with Gasteiger partial charge in [-0.15, -0.1) is 0 Å². The highest BCUT2D eigenvalue weighted by molar-refractivity contribution is 7.89. The van der Waals surface area contributed by atoms with Crippen LogP contribution >= 0.6 is 0 Å². The van der Waals surface area contributed by atoms with Gasteiger partial charge in [0, 0.05) is 25.1 Å². The van der Waals surface area contributed by atoms with Crippen LogP contribution in [0.2, 0.25) is 0 Å². The summed E-state index contributed by atoms with van der Waals surface area (Å²) in [4.78, 5) is 0.342. The molecule has 1 aliphatic heterocycles. The summed E-state index contributed by atoms with van der Waals surface area (Å²) >= 11 is 0. The molecule has 0 amide bonds. The van der Waals surface area contributed by atoms with Gasteiger partial charge in [0.25, 0.3) is 0 Å². The lowest BCUT2D eigenvalue weighted by Gasteiger charge is -2.25. The zero-order valence-corrected chi connectivity index (χ0v) is 12.1. The first-order valence-electron chi connectivity index (χ1n) is 6.63. The number of rotatable bonds is 3. The summed E-state index contributed by atoms with van der Waals surface area (Å²) in [5.74, 6) is 0.790. The molecule has 0 atom stereocenters. The minimum atomic E-state index is -3.44. The highest BCUT2D eigenvalue weighted by atomic mass is 32.2. The summed E-state index contributed by atoms with van der Waals surface area (Å²) in [6.45, 7) is 2.80. The second-order valence-corrected chi connectivity index (χ2v) is 6.80. The lowest BCUT2D eigenvalue weighted by molar-refractivity contribution is 0.331. The Hall–Kier alpha value is -1.66. The summed E-state index contributed by atoms with van der Waals surface area (Å²) in [6.07, 6.45) is 3.06. The van der Waals surface area contributed by atoms with Crippen molar-refractivity contribution in [1.29, 1.82) is 0 Å². The molecule has 0 fully saturated rings. The lowest BCUT2D eigenvalue weighted by atomic mass is 10.1. The molecule has 2 heterocycles. The molecule has 0 unspecified atom stereocenters. The van der Waals surface area contributed by atoms with Crippen LogP contribution in [-0.4, -0.2) is 24.4 Å². The van der Waals surface area contributed by atoms with E-state index in [0.717, 1.165) is 23.3 Å². The zero-order valence-electron chi connectivity index (χ0n) is 11.2. The SMILES string of the molecule is CCc1ccc(S(=O)(=O)N2CCc3oncc3C2)cc1. The molecule has 3 rings (SSSR count). The van der Waals surface area contributed by atoms with Crippen LogP contribution in [-0.2, 0) is 29.4 Å². The molecule has 0 aliphatic carbocycles. The van der Waals surface area contributed by atoms with Crippen LogP contribution in [0.3, 0.4) is 0 Å². The number of benzene rings is 1. The summed E-state index contributed by atoms with van der Waals surface area (Å²) in [5, 5.41) is 3.72. The summed E-state index contributed by atoms with van der Waals surface area (Å²) in [7, 11) is -3.44. The number of aromatic nitrogens is 1. The summed E-state index contributed by atoms with van der Waals surface area (Å²) in [5.41, 5.74) is 1.98. The van der Waals surface area contributed by atoms with Crippen molar-refractivity contribution in [2.45, 2.75) is 31.2 Å². The van der Waals surface area contributed by atoms with Crippen LogP contribution in [0.1, 0.15) is 23.8 Å². The summed E-state index contributed by atoms with van der Waals surface area (Å²) < 4.78 is 31.7. The third-order valence-corrected chi connectivity index (χ3v) is 5.49. The smallest absolute Gasteiger partial charge is 0.243 e. The van der Waals surface area contributed by atoms with E-state index >= 15 is 0 Å². The van der Waals surface area contributed by atoms with Crippen molar-refractivity contribution in [3.8, 4) is 0 Å². The Labute approximate surface area is 118 Å². The minimum absolute atomic E-state index is 0.330. The number of aryl methyl sites for hydroxylation is 1. The fourth-order valence-corrected chi connectivity index (χ4v) is 3.78. The highest BCUT2D eigenvalue weighted by Gasteiger charge is 2.29. The quantitative estimate of drug-likeness (QED) is 0.868. The van der Waals surface area contributed by atoms with Gasteiger partial charge in [-0.3, -0.25) is 0 Å². The fraction of sp³-hybridized carbons (Fsp3) is 0.357. The molecule has 0 saturated heterocycles. The number of fused-ring (bicyclic) bond motifs is 1. The Morgan fingerprint density at radius 1 is 1.30 bits per heavy atom. The average molecular weight is 292 g/mol. The molecule has 1 aliphatic rings. The van der Waals surface area contributed by atoms with Gasteiger partial charge in [0.1, 0.15) is 5.76 Å². The second-order valence-electron chi connectivity index (χ2n) is 4.86. The molecular formula is C14H16N2O3S. The third-order valence-electron chi connectivity index (χ3n) is 3.63. The first-order valence-corrected chi connectivity index (χ1v) is 8.07. The number of hydrogen-bond donors (Lipinski definition) is 0. The molecule has 0 radical (unpaired) electrons. The van der Waals surface area contributed by atoms with Crippen LogP contribution < -0.4 is 0 Å². The molecule has 0 N–H and O–H groups in total. The predicted octanol–water partition coefficient (Wildman–Crippen LogP) is 1.98. The van der Waals surface area contributed by atoms with E-state index in [9.17, 15) is 8.42 Å². The third kappa shape index (κ3) is 2.25. The van der Waals surface area contributed by atoms with E-state index in [1.165, 1.54) is 4.31 Å². The Morgan fingerprint density at radius 2 is 2.05 bits per heavy atom. The standard InChI is InChI=1S/C14H16N2O3S/c1-2-11-3-5-13(6-4-11)20(17,18)16-8-7-14-12(10-16)9-15-19-14/h3-6,9H,2,7-8,10H2,1H3. The molecule has 2 aromatic rings. The van der Waals surface area contributed by atoms with Crippen LogP contribution in [0.5, 0.6) is 0 Å². The first-order chi connectivity index (χ1) is 9.61. The number of hydrogen-bond acceptors (Lipinski definition) is 4. The van der Waals surface area contributed by atoms with Crippen LogP contribution in [0.4, 0.5) is 0 Å². The van der Waals surface area contributed by atoms with Crippen LogP contribution in [0.25, 0.3) is 0 Å². The molecular weight excluding hydrogens is 276 g/mol. The predicted molar refractivity (Wildman–Crippen MR) is 73.6 cm³/mol. The largest absolute Gasteiger partial charge is 0.361 e. The van der Waals surface area contributed by atoms with E-state index in [2.05, 4.69) is 5.16 Å². The van der Waals surface area contributed by atoms with Crippen molar-refractivity contribution >= 4 is 10.0 Å². The van der Waals surface area contributed by atoms with Crippen LogP contribution in [0.15, 0.2) is 39.9 Å². The van der Waals surface area contributed by atoms with E-state index < -0.39 is 10.0 Å². The maximum atomic E-state index is 12.6. The molecule has 1 aromatic heterocycles. The van der Waals surface area contributed by atoms with Crippen molar-refractivity contribution in [1.82, 2.24) is 9.46 Å². The molecule has 20 heavy (non-hydrogen) atoms. The first kappa shape index (κ1) is 13.3. The van der Waals surface area contributed by atoms with E-state index in [-0.39, 0.29) is 0 Å². The fourth-order valence-electron chi connectivity index (χ4n) is 2.37. The molecule has 0 bridgehead atoms. The van der Waals surface area contributed by atoms with Crippen molar-refractivity contribution < 1.29 is 12.9 Å². The van der Waals surface area contributed by atoms with Gasteiger partial charge in [-0.1, -0.05) is 24.2 Å². The molecule has 106 valence electrons. The minimum Gasteiger partial charge on any atom is -0.361 e. The van der Waals surface area contributed by atoms with E-state index in [1.807, 2.05) is 19.1 Å². The van der Waals surface area contributed by atoms with Crippen LogP contribution in [0, 0.1) is 0 Å². The van der Waals surface area contributed by atoms with Crippen molar-refractivity contribution in [3.05, 3.63) is 47.3 Å². The number of sulfonamides is 1. The Morgan fingerprint density at radius 3 is 2.75 bits per heavy atom. The highest BCUT2D eigenvalue weighted by Crippen LogP contribution is 2.24. The zero-order chi connectivity index (χ0) is 14.2. The topological polar surface area (TPSA) is 63.4 Å². The normalized spacial score (nSPS) is 16.1. The van der Waals surface area contributed by atoms with E-state index in [1.54, 1.807) is 18.3 Å². The van der Waals surface area contributed by atoms with E-state index in [0.29, 0.717) is 24.4 Å². The Kier molecular flexibility index (Phi) is 3.35. The van der Waals surface area contributed by atoms with Gasteiger partial charge in [0.2, 0.25) is 10.0 Å². The van der Waals surface area contributed by atoms with Gasteiger partial charge in [-0.05, 0) is 24.1 Å². The van der Waals surface area contributed by atoms with Gasteiger partial charge in [-0.25, -0.2) is 8.42 Å². The lowest BCUT2D eigenvalue weighted by Crippen LogP contribution is -2.35. The Bertz CT molecular complexity index is 704. The monoisotopic (exact) mass is 292 g/mol. The van der Waals surface area contributed by atoms with E-state index in [4.69, 9.17) is 4.52 Å². The molecule has 6 heteroatoms. The maximum Gasteiger partial charge on any atom is 0.243 e. The molecule has 5 nitrogen and oxygen atoms in total. The van der Waals surface area contributed by atoms with Crippen molar-refractivity contribution in [2.75, 3.05) is 6.54 Å².